The van der Waals surface area contributed by atoms with Crippen LogP contribution >= 0.6 is 0 Å². The van der Waals surface area contributed by atoms with Crippen LogP contribution in [0.5, 0.6) is 0 Å². The molecule has 0 bridgehead atoms. The quantitative estimate of drug-likeness (QED) is 0.270. The predicted octanol–water partition coefficient (Wildman–Crippen LogP) is 1.20. The molecule has 9 heteroatoms. The van der Waals surface area contributed by atoms with E-state index in [9.17, 15) is 9.59 Å². The molecular weight excluding hydrogens is 336 g/mol. The van der Waals surface area contributed by atoms with Gasteiger partial charge in [0.2, 0.25) is 5.91 Å². The second-order valence-electron chi connectivity index (χ2n) is 8.13. The molecule has 0 heterocycles. The van der Waals surface area contributed by atoms with Crippen LogP contribution in [0, 0.1) is 10.8 Å². The van der Waals surface area contributed by atoms with E-state index in [1.165, 1.54) is 4.90 Å². The molecule has 0 saturated heterocycles. The fourth-order valence-electron chi connectivity index (χ4n) is 2.16. The molecule has 9 nitrogen and oxygen atoms in total. The highest BCUT2D eigenvalue weighted by Crippen LogP contribution is 2.19. The van der Waals surface area contributed by atoms with E-state index in [-0.39, 0.29) is 42.2 Å². The zero-order valence-corrected chi connectivity index (χ0v) is 17.0. The van der Waals surface area contributed by atoms with Gasteiger partial charge in [0, 0.05) is 30.5 Å². The number of rotatable bonds is 14. The van der Waals surface area contributed by atoms with E-state index in [1.807, 2.05) is 27.7 Å². The van der Waals surface area contributed by atoms with Crippen molar-refractivity contribution in [2.75, 3.05) is 60.0 Å². The normalized spacial score (nSPS) is 11.8. The number of Topliss-reactive ketones (excluding diaryl/α,β-unsaturated/α-hetero) is 1. The molecule has 0 aliphatic rings. The molecule has 0 fully saturated rings. The van der Waals surface area contributed by atoms with Crippen LogP contribution in [-0.2, 0) is 14.3 Å². The monoisotopic (exact) mass is 370 g/mol. The smallest absolute Gasteiger partial charge is 0.236 e. The Kier molecular flexibility index (Phi) is 11.1. The average molecular weight is 370 g/mol. The second kappa shape index (κ2) is 11.9. The second-order valence-corrected chi connectivity index (χ2v) is 8.13. The van der Waals surface area contributed by atoms with Gasteiger partial charge >= 0.3 is 0 Å². The lowest BCUT2D eigenvalue weighted by atomic mass is 9.93. The molecule has 26 heavy (non-hydrogen) atoms. The fraction of sp³-hybridized carbons (Fsp3) is 0.882. The van der Waals surface area contributed by atoms with E-state index < -0.39 is 0 Å². The van der Waals surface area contributed by atoms with Crippen LogP contribution in [0.1, 0.15) is 27.7 Å². The van der Waals surface area contributed by atoms with Crippen molar-refractivity contribution < 1.29 is 14.3 Å². The van der Waals surface area contributed by atoms with Gasteiger partial charge in [0.05, 0.1) is 32.8 Å². The van der Waals surface area contributed by atoms with Gasteiger partial charge in [-0.25, -0.2) is 0 Å². The van der Waals surface area contributed by atoms with Gasteiger partial charge < -0.3 is 20.3 Å². The van der Waals surface area contributed by atoms with Crippen molar-refractivity contribution in [3.8, 4) is 0 Å². The van der Waals surface area contributed by atoms with E-state index in [1.54, 1.807) is 14.1 Å². The molecule has 0 unspecified atom stereocenters. The molecule has 0 radical (unpaired) electrons. The summed E-state index contributed by atoms with van der Waals surface area (Å²) in [5.41, 5.74) is 8.03. The van der Waals surface area contributed by atoms with E-state index in [4.69, 9.17) is 10.3 Å². The molecule has 0 aromatic carbocycles. The minimum Gasteiger partial charge on any atom is -0.380 e. The number of azide groups is 1. The molecule has 150 valence electrons. The number of ketones is 1. The average Bonchev–Trinajstić information content (AvgIpc) is 2.52. The van der Waals surface area contributed by atoms with E-state index in [0.29, 0.717) is 26.3 Å². The third-order valence-corrected chi connectivity index (χ3v) is 3.64. The van der Waals surface area contributed by atoms with Gasteiger partial charge in [0.15, 0.2) is 5.78 Å². The van der Waals surface area contributed by atoms with E-state index in [0.717, 1.165) is 0 Å². The van der Waals surface area contributed by atoms with E-state index >= 15 is 0 Å². The summed E-state index contributed by atoms with van der Waals surface area (Å²) in [4.78, 5) is 27.8. The molecule has 0 aromatic heterocycles. The van der Waals surface area contributed by atoms with Crippen molar-refractivity contribution in [2.24, 2.45) is 15.9 Å². The number of hydrogen-bond acceptors (Lipinski definition) is 6. The highest BCUT2D eigenvalue weighted by molar-refractivity contribution is 5.87. The van der Waals surface area contributed by atoms with Crippen molar-refractivity contribution in [2.45, 2.75) is 27.7 Å². The van der Waals surface area contributed by atoms with Gasteiger partial charge in [-0.2, -0.15) is 0 Å². The summed E-state index contributed by atoms with van der Waals surface area (Å²) in [6.07, 6.45) is 0. The zero-order chi connectivity index (χ0) is 20.2. The first-order valence-corrected chi connectivity index (χ1v) is 8.72. The number of hydrogen-bond donors (Lipinski definition) is 2. The topological polar surface area (TPSA) is 119 Å². The molecule has 0 atom stereocenters. The van der Waals surface area contributed by atoms with Crippen molar-refractivity contribution in [3.63, 3.8) is 0 Å². The molecular formula is C17H34N6O3. The van der Waals surface area contributed by atoms with E-state index in [2.05, 4.69) is 20.7 Å². The predicted molar refractivity (Wildman–Crippen MR) is 102 cm³/mol. The first-order chi connectivity index (χ1) is 12.0. The molecule has 0 rings (SSSR count). The lowest BCUT2D eigenvalue weighted by Crippen LogP contribution is -2.42. The standard InChI is InChI=1S/C17H34N6O3/c1-16(2,12-26-13-17(3,4)11-21-22-18)10-20-7-14(24)9-23(6)15(25)8-19-5/h19-20H,7-13H2,1-6H3. The summed E-state index contributed by atoms with van der Waals surface area (Å²) in [6.45, 7) is 10.6. The molecule has 0 aliphatic heterocycles. The van der Waals surface area contributed by atoms with Crippen LogP contribution in [-0.4, -0.2) is 76.6 Å². The molecule has 0 saturated carbocycles. The third kappa shape index (κ3) is 11.8. The maximum atomic E-state index is 11.9. The number of ether oxygens (including phenoxy) is 1. The van der Waals surface area contributed by atoms with Gasteiger partial charge in [-0.05, 0) is 18.0 Å². The molecule has 0 aliphatic carbocycles. The summed E-state index contributed by atoms with van der Waals surface area (Å²) in [5, 5.41) is 9.50. The Morgan fingerprint density at radius 3 is 2.35 bits per heavy atom. The van der Waals surface area contributed by atoms with Crippen molar-refractivity contribution >= 4 is 11.7 Å². The van der Waals surface area contributed by atoms with Gasteiger partial charge in [0.25, 0.3) is 0 Å². The number of nitrogens with one attached hydrogen (secondary N) is 2. The van der Waals surface area contributed by atoms with Crippen LogP contribution in [0.15, 0.2) is 5.11 Å². The molecule has 2 N–H and O–H groups in total. The zero-order valence-electron chi connectivity index (χ0n) is 17.0. The minimum atomic E-state index is -0.212. The largest absolute Gasteiger partial charge is 0.380 e. The van der Waals surface area contributed by atoms with Crippen LogP contribution < -0.4 is 10.6 Å². The first-order valence-electron chi connectivity index (χ1n) is 8.72. The number of carbonyl (C=O) groups excluding carboxylic acids is 2. The van der Waals surface area contributed by atoms with Crippen LogP contribution in [0.3, 0.4) is 0 Å². The molecule has 0 spiro atoms. The number of amides is 1. The number of likely N-dealkylation sites (N-methyl/N-ethyl adjacent to an activating group) is 2. The maximum absolute atomic E-state index is 11.9. The lowest BCUT2D eigenvalue weighted by molar-refractivity contribution is -0.133. The Bertz CT molecular complexity index is 501. The van der Waals surface area contributed by atoms with Gasteiger partial charge in [-0.15, -0.1) is 0 Å². The van der Waals surface area contributed by atoms with Crippen molar-refractivity contribution in [1.29, 1.82) is 0 Å². The Balaban J connectivity index is 4.11. The lowest BCUT2D eigenvalue weighted by Gasteiger charge is -2.28. The summed E-state index contributed by atoms with van der Waals surface area (Å²) in [5.74, 6) is -0.151. The fourth-order valence-corrected chi connectivity index (χ4v) is 2.16. The summed E-state index contributed by atoms with van der Waals surface area (Å²) in [6, 6.07) is 0. The summed E-state index contributed by atoms with van der Waals surface area (Å²) >= 11 is 0. The highest BCUT2D eigenvalue weighted by atomic mass is 16.5. The first kappa shape index (κ1) is 24.3. The Hall–Kier alpha value is -1.67. The van der Waals surface area contributed by atoms with Gasteiger partial charge in [-0.1, -0.05) is 32.8 Å². The third-order valence-electron chi connectivity index (χ3n) is 3.64. The van der Waals surface area contributed by atoms with Crippen molar-refractivity contribution in [3.05, 3.63) is 10.4 Å². The SMILES string of the molecule is CNCC(=O)N(C)CC(=O)CNCC(C)(C)COCC(C)(C)CN=[N+]=[N-]. The summed E-state index contributed by atoms with van der Waals surface area (Å²) < 4.78 is 5.77. The molecule has 1 amide bonds. The number of carbonyl (C=O) groups is 2. The van der Waals surface area contributed by atoms with Crippen molar-refractivity contribution in [1.82, 2.24) is 15.5 Å². The summed E-state index contributed by atoms with van der Waals surface area (Å²) in [7, 11) is 3.31. The van der Waals surface area contributed by atoms with Crippen LogP contribution in [0.2, 0.25) is 0 Å². The van der Waals surface area contributed by atoms with Gasteiger partial charge in [-0.3, -0.25) is 9.59 Å². The number of nitrogens with zero attached hydrogens (tertiary/aromatic N) is 4. The highest BCUT2D eigenvalue weighted by Gasteiger charge is 2.22. The van der Waals surface area contributed by atoms with Crippen LogP contribution in [0.4, 0.5) is 0 Å². The van der Waals surface area contributed by atoms with Gasteiger partial charge in [0.1, 0.15) is 0 Å². The maximum Gasteiger partial charge on any atom is 0.236 e. The Morgan fingerprint density at radius 1 is 1.15 bits per heavy atom. The van der Waals surface area contributed by atoms with Crippen LogP contribution in [0.25, 0.3) is 10.4 Å². The molecule has 0 aromatic rings. The Labute approximate surface area is 156 Å². The minimum absolute atomic E-state index is 0.0378. The Morgan fingerprint density at radius 2 is 1.77 bits per heavy atom.